The van der Waals surface area contributed by atoms with Crippen LogP contribution in [0, 0.1) is 11.7 Å². The smallest absolute Gasteiger partial charge is 0.410 e. The van der Waals surface area contributed by atoms with Gasteiger partial charge in [0.25, 0.3) is 5.91 Å². The fourth-order valence-electron chi connectivity index (χ4n) is 4.20. The van der Waals surface area contributed by atoms with E-state index in [4.69, 9.17) is 4.74 Å². The van der Waals surface area contributed by atoms with E-state index in [9.17, 15) is 9.59 Å². The lowest BCUT2D eigenvalue weighted by atomic mass is 10.1. The second kappa shape index (κ2) is 8.78. The Kier molecular flexibility index (Phi) is 6.33. The van der Waals surface area contributed by atoms with E-state index < -0.39 is 11.4 Å². The summed E-state index contributed by atoms with van der Waals surface area (Å²) in [5.74, 6) is -0.328. The molecule has 1 aromatic heterocycles. The number of fused-ring (bicyclic) bond motifs is 1. The number of aromatic nitrogens is 1. The van der Waals surface area contributed by atoms with Crippen molar-refractivity contribution < 1.29 is 18.7 Å². The zero-order valence-electron chi connectivity index (χ0n) is 19.9. The van der Waals surface area contributed by atoms with Crippen LogP contribution in [0.25, 0.3) is 16.5 Å². The molecule has 8 heteroatoms. The van der Waals surface area contributed by atoms with Crippen molar-refractivity contribution in [3.05, 3.63) is 39.8 Å². The zero-order chi connectivity index (χ0) is 24.1. The molecule has 1 aliphatic carbocycles. The predicted molar refractivity (Wildman–Crippen MR) is 131 cm³/mol. The van der Waals surface area contributed by atoms with Crippen molar-refractivity contribution in [1.29, 1.82) is 0 Å². The highest BCUT2D eigenvalue weighted by Gasteiger charge is 2.30. The number of carbonyl (C=O) groups is 2. The van der Waals surface area contributed by atoms with Crippen LogP contribution in [0.1, 0.15) is 56.1 Å². The number of rotatable bonds is 4. The molecule has 0 bridgehead atoms. The van der Waals surface area contributed by atoms with E-state index in [1.807, 2.05) is 26.8 Å². The third-order valence-corrected chi connectivity index (χ3v) is 6.58. The van der Waals surface area contributed by atoms with Crippen molar-refractivity contribution >= 4 is 44.4 Å². The first-order valence-corrected chi connectivity index (χ1v) is 12.2. The van der Waals surface area contributed by atoms with Crippen molar-refractivity contribution in [3.8, 4) is 0 Å². The van der Waals surface area contributed by atoms with Crippen LogP contribution < -0.4 is 0 Å². The zero-order valence-corrected chi connectivity index (χ0v) is 21.5. The van der Waals surface area contributed by atoms with Gasteiger partial charge in [-0.25, -0.2) is 9.18 Å². The summed E-state index contributed by atoms with van der Waals surface area (Å²) in [6.07, 6.45) is 4.78. The molecule has 2 amide bonds. The number of benzene rings is 1. The number of nitrogens with zero attached hydrogens (tertiary/aromatic N) is 3. The summed E-state index contributed by atoms with van der Waals surface area (Å²) in [7, 11) is 3.23. The van der Waals surface area contributed by atoms with Crippen LogP contribution in [-0.2, 0) is 11.3 Å². The van der Waals surface area contributed by atoms with Gasteiger partial charge >= 0.3 is 6.09 Å². The number of hydrogen-bond donors (Lipinski definition) is 0. The van der Waals surface area contributed by atoms with E-state index in [0.29, 0.717) is 35.3 Å². The van der Waals surface area contributed by atoms with Crippen LogP contribution in [0.4, 0.5) is 9.18 Å². The summed E-state index contributed by atoms with van der Waals surface area (Å²) in [6.45, 7) is 7.32. The summed E-state index contributed by atoms with van der Waals surface area (Å²) >= 11 is 3.60. The third-order valence-electron chi connectivity index (χ3n) is 5.97. The third kappa shape index (κ3) is 4.95. The van der Waals surface area contributed by atoms with E-state index in [2.05, 4.69) is 26.6 Å². The molecule has 6 nitrogen and oxygen atoms in total. The van der Waals surface area contributed by atoms with Gasteiger partial charge in [0.2, 0.25) is 0 Å². The Morgan fingerprint density at radius 1 is 1.24 bits per heavy atom. The Balaban J connectivity index is 1.77. The molecule has 0 radical (unpaired) electrons. The van der Waals surface area contributed by atoms with Crippen LogP contribution in [0.5, 0.6) is 0 Å². The first-order valence-electron chi connectivity index (χ1n) is 11.4. The summed E-state index contributed by atoms with van der Waals surface area (Å²) in [5.41, 5.74) is 2.08. The van der Waals surface area contributed by atoms with E-state index in [1.165, 1.54) is 4.90 Å². The number of amides is 2. The fourth-order valence-corrected chi connectivity index (χ4v) is 4.86. The molecule has 0 atom stereocenters. The van der Waals surface area contributed by atoms with E-state index >= 15 is 4.39 Å². The molecule has 2 heterocycles. The molecule has 2 aliphatic rings. The highest BCUT2D eigenvalue weighted by atomic mass is 79.9. The first-order chi connectivity index (χ1) is 15.5. The quantitative estimate of drug-likeness (QED) is 0.522. The molecule has 1 aliphatic heterocycles. The van der Waals surface area contributed by atoms with E-state index in [-0.39, 0.29) is 17.6 Å². The van der Waals surface area contributed by atoms with Crippen LogP contribution in [0.2, 0.25) is 0 Å². The Labute approximate surface area is 202 Å². The Morgan fingerprint density at radius 3 is 2.55 bits per heavy atom. The summed E-state index contributed by atoms with van der Waals surface area (Å²) in [5, 5.41) is 0.417. The van der Waals surface area contributed by atoms with Gasteiger partial charge in [0.1, 0.15) is 11.4 Å². The standard InChI is InChI=1S/C25H31BrFN3O3/c1-25(2,3)33-24(32)29-10-6-7-16(14-29)20-12-17-21(27)18(23(31)28(4)5)11-19(26)22(17)30(20)13-15-8-9-15/h7,11-12,15H,6,8-10,13-14H2,1-5H3. The van der Waals surface area contributed by atoms with Crippen LogP contribution in [0.15, 0.2) is 22.7 Å². The predicted octanol–water partition coefficient (Wildman–Crippen LogP) is 5.68. The minimum atomic E-state index is -0.567. The van der Waals surface area contributed by atoms with Gasteiger partial charge in [-0.05, 0) is 79.6 Å². The van der Waals surface area contributed by atoms with Crippen LogP contribution in [0.3, 0.4) is 0 Å². The minimum absolute atomic E-state index is 0.0440. The topological polar surface area (TPSA) is 54.8 Å². The first kappa shape index (κ1) is 23.8. The maximum absolute atomic E-state index is 15.6. The highest BCUT2D eigenvalue weighted by Crippen LogP contribution is 2.39. The van der Waals surface area contributed by atoms with Crippen molar-refractivity contribution in [2.24, 2.45) is 5.92 Å². The molecule has 1 fully saturated rings. The molecule has 1 aromatic carbocycles. The minimum Gasteiger partial charge on any atom is -0.444 e. The molecule has 178 valence electrons. The van der Waals surface area contributed by atoms with Crippen molar-refractivity contribution in [3.63, 3.8) is 0 Å². The second-order valence-corrected chi connectivity index (χ2v) is 11.0. The molecule has 2 aromatic rings. The van der Waals surface area contributed by atoms with Crippen molar-refractivity contribution in [1.82, 2.24) is 14.4 Å². The van der Waals surface area contributed by atoms with Crippen LogP contribution in [-0.4, -0.2) is 59.2 Å². The Hall–Kier alpha value is -2.35. The average molecular weight is 520 g/mol. The van der Waals surface area contributed by atoms with Gasteiger partial charge in [0.05, 0.1) is 17.6 Å². The molecule has 33 heavy (non-hydrogen) atoms. The molecule has 0 N–H and O–H groups in total. The van der Waals surface area contributed by atoms with Gasteiger partial charge in [-0.3, -0.25) is 4.79 Å². The monoisotopic (exact) mass is 519 g/mol. The Morgan fingerprint density at radius 2 is 1.94 bits per heavy atom. The second-order valence-electron chi connectivity index (χ2n) is 10.2. The van der Waals surface area contributed by atoms with Gasteiger partial charge in [0.15, 0.2) is 0 Å². The molecular formula is C25H31BrFN3O3. The van der Waals surface area contributed by atoms with Crippen LogP contribution >= 0.6 is 15.9 Å². The fraction of sp³-hybridized carbons (Fsp3) is 0.520. The summed E-state index contributed by atoms with van der Waals surface area (Å²) in [4.78, 5) is 28.3. The van der Waals surface area contributed by atoms with Crippen molar-refractivity contribution in [2.45, 2.75) is 52.2 Å². The van der Waals surface area contributed by atoms with Gasteiger partial charge in [-0.1, -0.05) is 6.08 Å². The van der Waals surface area contributed by atoms with Gasteiger partial charge in [0, 0.05) is 42.7 Å². The summed E-state index contributed by atoms with van der Waals surface area (Å²) in [6, 6.07) is 3.41. The van der Waals surface area contributed by atoms with Gasteiger partial charge in [-0.15, -0.1) is 0 Å². The lowest BCUT2D eigenvalue weighted by Gasteiger charge is -2.30. The molecule has 0 unspecified atom stereocenters. The maximum atomic E-state index is 15.6. The molecule has 4 rings (SSSR count). The number of halogens is 2. The molecular weight excluding hydrogens is 489 g/mol. The highest BCUT2D eigenvalue weighted by molar-refractivity contribution is 9.10. The lowest BCUT2D eigenvalue weighted by molar-refractivity contribution is 0.0272. The molecule has 1 saturated carbocycles. The molecule has 0 spiro atoms. The Bertz CT molecular complexity index is 1140. The number of ether oxygens (including phenoxy) is 1. The van der Waals surface area contributed by atoms with E-state index in [0.717, 1.165) is 36.2 Å². The number of hydrogen-bond acceptors (Lipinski definition) is 3. The average Bonchev–Trinajstić information content (AvgIpc) is 3.47. The van der Waals surface area contributed by atoms with Gasteiger partial charge in [-0.2, -0.15) is 0 Å². The largest absolute Gasteiger partial charge is 0.444 e. The summed E-state index contributed by atoms with van der Waals surface area (Å²) < 4.78 is 24.0. The maximum Gasteiger partial charge on any atom is 0.410 e. The number of carbonyl (C=O) groups excluding carboxylic acids is 2. The van der Waals surface area contributed by atoms with Gasteiger partial charge < -0.3 is 19.1 Å². The van der Waals surface area contributed by atoms with Crippen molar-refractivity contribution in [2.75, 3.05) is 27.2 Å². The molecule has 0 saturated heterocycles. The SMILES string of the molecule is CN(C)C(=O)c1cc(Br)c2c(cc(C3=CCCN(C(=O)OC(C)(C)C)C3)n2CC2CC2)c1F. The van der Waals surface area contributed by atoms with E-state index in [1.54, 1.807) is 25.1 Å². The normalized spacial score (nSPS) is 16.7. The lowest BCUT2D eigenvalue weighted by Crippen LogP contribution is -2.39.